The van der Waals surface area contributed by atoms with Crippen molar-refractivity contribution < 1.29 is 23.8 Å². The summed E-state index contributed by atoms with van der Waals surface area (Å²) in [5.41, 5.74) is 3.10. The van der Waals surface area contributed by atoms with E-state index in [1.54, 1.807) is 6.07 Å². The van der Waals surface area contributed by atoms with Crippen LogP contribution in [-0.4, -0.2) is 60.7 Å². The zero-order valence-electron chi connectivity index (χ0n) is 26.0. The van der Waals surface area contributed by atoms with E-state index in [2.05, 4.69) is 47.7 Å². The van der Waals surface area contributed by atoms with E-state index in [4.69, 9.17) is 11.2 Å². The first-order valence-electron chi connectivity index (χ1n) is 16.2. The van der Waals surface area contributed by atoms with Crippen molar-refractivity contribution in [1.29, 1.82) is 0 Å². The summed E-state index contributed by atoms with van der Waals surface area (Å²) in [7, 11) is 0. The molecule has 0 saturated heterocycles. The lowest BCUT2D eigenvalue weighted by Gasteiger charge is -2.29. The first kappa shape index (κ1) is 32.0. The van der Waals surface area contributed by atoms with Gasteiger partial charge >= 0.3 is 0 Å². The molecule has 44 heavy (non-hydrogen) atoms. The number of benzene rings is 2. The normalized spacial score (nSPS) is 25.7. The second kappa shape index (κ2) is 14.1. The van der Waals surface area contributed by atoms with Crippen LogP contribution in [0.25, 0.3) is 0 Å². The Balaban J connectivity index is 1.35. The molecule has 0 spiro atoms. The van der Waals surface area contributed by atoms with E-state index >= 15 is 0 Å². The molecule has 3 aliphatic rings. The van der Waals surface area contributed by atoms with Crippen LogP contribution in [0.2, 0.25) is 0 Å². The highest BCUT2D eigenvalue weighted by Crippen LogP contribution is 2.50. The van der Waals surface area contributed by atoms with Crippen LogP contribution in [-0.2, 0) is 28.0 Å². The number of nitrogens with one attached hydrogen (secondary N) is 2. The Labute approximate surface area is 260 Å². The largest absolute Gasteiger partial charge is 0.493 e. The smallest absolute Gasteiger partial charge is 0.226 e. The number of aliphatic hydroxyl groups is 1. The Bertz CT molecular complexity index is 1370. The Hall–Kier alpha value is -3.41. The van der Waals surface area contributed by atoms with Crippen LogP contribution in [0.3, 0.4) is 0 Å². The number of hydrogen-bond acceptors (Lipinski definition) is 5. The van der Waals surface area contributed by atoms with Gasteiger partial charge in [0.25, 0.3) is 0 Å². The number of carbonyl (C=O) groups excluding carboxylic acids is 2. The molecular weight excluding hydrogens is 557 g/mol. The molecule has 7 nitrogen and oxygen atoms in total. The van der Waals surface area contributed by atoms with Crippen LogP contribution in [0.15, 0.2) is 42.5 Å². The van der Waals surface area contributed by atoms with Crippen molar-refractivity contribution >= 4 is 11.8 Å². The fourth-order valence-electron chi connectivity index (χ4n) is 6.73. The molecule has 5 unspecified atom stereocenters. The Morgan fingerprint density at radius 2 is 2.02 bits per heavy atom. The Morgan fingerprint density at radius 3 is 2.75 bits per heavy atom. The van der Waals surface area contributed by atoms with Gasteiger partial charge in [0.2, 0.25) is 11.8 Å². The quantitative estimate of drug-likeness (QED) is 0.374. The van der Waals surface area contributed by atoms with Gasteiger partial charge in [-0.2, -0.15) is 0 Å². The molecule has 2 aromatic rings. The SMILES string of the molecule is C#CCC1C2C(=O)NCCc3cc(F)cc(c3)OCC(C(O)CNC3(c4cccc(CC)c4)CC3)CCN(CCC)C(=O)C12. The van der Waals surface area contributed by atoms with Crippen molar-refractivity contribution in [3.8, 4) is 18.1 Å². The number of carbonyl (C=O) groups is 2. The minimum Gasteiger partial charge on any atom is -0.493 e. The molecule has 5 rings (SSSR count). The highest BCUT2D eigenvalue weighted by Gasteiger charge is 2.59. The maximum Gasteiger partial charge on any atom is 0.226 e. The predicted molar refractivity (Wildman–Crippen MR) is 168 cm³/mol. The highest BCUT2D eigenvalue weighted by atomic mass is 19.1. The number of ether oxygens (including phenoxy) is 1. The van der Waals surface area contributed by atoms with Gasteiger partial charge in [-0.3, -0.25) is 9.59 Å². The molecule has 2 amide bonds. The summed E-state index contributed by atoms with van der Waals surface area (Å²) in [6, 6.07) is 13.2. The van der Waals surface area contributed by atoms with Gasteiger partial charge in [-0.05, 0) is 73.3 Å². The fraction of sp³-hybridized carbons (Fsp3) is 0.556. The van der Waals surface area contributed by atoms with Crippen molar-refractivity contribution in [2.45, 2.75) is 70.4 Å². The summed E-state index contributed by atoms with van der Waals surface area (Å²) in [6.45, 7) is 6.01. The summed E-state index contributed by atoms with van der Waals surface area (Å²) in [6.07, 6.45) is 9.89. The van der Waals surface area contributed by atoms with Crippen LogP contribution in [0.1, 0.15) is 62.6 Å². The molecule has 1 heterocycles. The van der Waals surface area contributed by atoms with Gasteiger partial charge in [0, 0.05) is 50.1 Å². The van der Waals surface area contributed by atoms with Gasteiger partial charge in [-0.25, -0.2) is 4.39 Å². The first-order valence-corrected chi connectivity index (χ1v) is 16.2. The summed E-state index contributed by atoms with van der Waals surface area (Å²) < 4.78 is 20.6. The molecule has 2 aliphatic carbocycles. The molecule has 3 N–H and O–H groups in total. The lowest BCUT2D eigenvalue weighted by atomic mass is 9.96. The number of aryl methyl sites for hydroxylation is 1. The maximum absolute atomic E-state index is 14.5. The molecule has 8 heteroatoms. The van der Waals surface area contributed by atoms with E-state index < -0.39 is 23.8 Å². The number of halogens is 1. The second-order valence-electron chi connectivity index (χ2n) is 12.7. The number of rotatable bonds is 9. The van der Waals surface area contributed by atoms with Crippen LogP contribution in [0.5, 0.6) is 5.75 Å². The molecule has 0 aromatic heterocycles. The first-order chi connectivity index (χ1) is 21.3. The average Bonchev–Trinajstić information content (AvgIpc) is 3.94. The predicted octanol–water partition coefficient (Wildman–Crippen LogP) is 4.21. The van der Waals surface area contributed by atoms with Crippen LogP contribution in [0.4, 0.5) is 4.39 Å². The second-order valence-corrected chi connectivity index (χ2v) is 12.7. The Kier molecular flexibility index (Phi) is 10.3. The molecule has 236 valence electrons. The molecule has 2 aromatic carbocycles. The average molecular weight is 604 g/mol. The lowest BCUT2D eigenvalue weighted by molar-refractivity contribution is -0.135. The molecule has 2 saturated carbocycles. The van der Waals surface area contributed by atoms with Gasteiger partial charge in [-0.1, -0.05) is 38.1 Å². The van der Waals surface area contributed by atoms with E-state index in [-0.39, 0.29) is 35.8 Å². The van der Waals surface area contributed by atoms with Crippen molar-refractivity contribution in [3.05, 3.63) is 65.0 Å². The molecule has 1 aliphatic heterocycles. The molecule has 0 radical (unpaired) electrons. The van der Waals surface area contributed by atoms with Crippen molar-refractivity contribution in [3.63, 3.8) is 0 Å². The molecule has 5 atom stereocenters. The van der Waals surface area contributed by atoms with E-state index in [1.165, 1.54) is 23.3 Å². The minimum atomic E-state index is -0.749. The van der Waals surface area contributed by atoms with Crippen molar-refractivity contribution in [2.24, 2.45) is 23.7 Å². The maximum atomic E-state index is 14.5. The van der Waals surface area contributed by atoms with Crippen LogP contribution < -0.4 is 15.4 Å². The van der Waals surface area contributed by atoms with Gasteiger partial charge in [0.05, 0.1) is 24.5 Å². The molecule has 2 bridgehead atoms. The topological polar surface area (TPSA) is 90.9 Å². The van der Waals surface area contributed by atoms with Gasteiger partial charge in [0.15, 0.2) is 0 Å². The lowest BCUT2D eigenvalue weighted by Crippen LogP contribution is -2.43. The summed E-state index contributed by atoms with van der Waals surface area (Å²) in [5.74, 6) is 0.988. The van der Waals surface area contributed by atoms with E-state index in [0.717, 1.165) is 25.7 Å². The summed E-state index contributed by atoms with van der Waals surface area (Å²) in [4.78, 5) is 28.7. The monoisotopic (exact) mass is 603 g/mol. The molecular formula is C36H46FN3O4. The zero-order chi connectivity index (χ0) is 31.3. The summed E-state index contributed by atoms with van der Waals surface area (Å²) in [5, 5.41) is 18.1. The third-order valence-electron chi connectivity index (χ3n) is 9.62. The van der Waals surface area contributed by atoms with Gasteiger partial charge in [-0.15, -0.1) is 12.3 Å². The van der Waals surface area contributed by atoms with Gasteiger partial charge in [0.1, 0.15) is 11.6 Å². The van der Waals surface area contributed by atoms with E-state index in [0.29, 0.717) is 56.8 Å². The van der Waals surface area contributed by atoms with Crippen molar-refractivity contribution in [2.75, 3.05) is 32.8 Å². The highest BCUT2D eigenvalue weighted by molar-refractivity contribution is 5.93. The summed E-state index contributed by atoms with van der Waals surface area (Å²) >= 11 is 0. The number of nitrogens with zero attached hydrogens (tertiary/aromatic N) is 1. The Morgan fingerprint density at radius 1 is 1.20 bits per heavy atom. The number of amides is 2. The number of aliphatic hydroxyl groups excluding tert-OH is 1. The number of hydrogen-bond donors (Lipinski definition) is 3. The third-order valence-corrected chi connectivity index (χ3v) is 9.62. The van der Waals surface area contributed by atoms with E-state index in [1.807, 2.05) is 11.8 Å². The van der Waals surface area contributed by atoms with Crippen LogP contribution in [0, 0.1) is 41.8 Å². The third kappa shape index (κ3) is 7.44. The standard InChI is InChI=1S/C36H46FN3O4/c1-4-8-30-32-33(30)35(43)40(16-5-2)17-12-26(23-44-29-20-25(19-28(37)21-29)11-15-38-34(32)42)31(41)22-39-36(13-14-36)27-10-7-9-24(6-3)18-27/h1,7,9-10,18-21,26,30-33,39,41H,5-6,8,11-17,22-23H2,2-3H3,(H,38,42). The minimum absolute atomic E-state index is 0.0494. The van der Waals surface area contributed by atoms with Gasteiger partial charge < -0.3 is 25.4 Å². The van der Waals surface area contributed by atoms with E-state index in [9.17, 15) is 19.1 Å². The number of fused-ring (bicyclic) bond motifs is 3. The fourth-order valence-corrected chi connectivity index (χ4v) is 6.73. The van der Waals surface area contributed by atoms with Crippen molar-refractivity contribution in [1.82, 2.24) is 15.5 Å². The number of terminal acetylenes is 1. The molecule has 2 fully saturated rings. The zero-order valence-corrected chi connectivity index (χ0v) is 26.0. The van der Waals surface area contributed by atoms with Crippen LogP contribution >= 0.6 is 0 Å².